The van der Waals surface area contributed by atoms with Gasteiger partial charge in [-0.2, -0.15) is 0 Å². The first-order valence-electron chi connectivity index (χ1n) is 6.55. The van der Waals surface area contributed by atoms with Gasteiger partial charge in [-0.05, 0) is 35.8 Å². The standard InChI is InChI=1S/C16H22O2/c1-15(2,3)13-7-5-12(6-8-13)11-16(9-10-16)14(17)18-4/h5-8H,9-11H2,1-4H3. The molecule has 2 rings (SSSR count). The van der Waals surface area contributed by atoms with Gasteiger partial charge in [0.2, 0.25) is 0 Å². The molecule has 0 aromatic heterocycles. The fourth-order valence-electron chi connectivity index (χ4n) is 2.33. The molecule has 0 spiro atoms. The molecule has 1 aliphatic carbocycles. The average molecular weight is 246 g/mol. The van der Waals surface area contributed by atoms with E-state index >= 15 is 0 Å². The number of ether oxygens (including phenoxy) is 1. The van der Waals surface area contributed by atoms with Crippen molar-refractivity contribution < 1.29 is 9.53 Å². The van der Waals surface area contributed by atoms with Crippen molar-refractivity contribution in [3.63, 3.8) is 0 Å². The molecule has 1 aliphatic rings. The Kier molecular flexibility index (Phi) is 3.22. The van der Waals surface area contributed by atoms with Crippen molar-refractivity contribution in [3.8, 4) is 0 Å². The minimum atomic E-state index is -0.224. The van der Waals surface area contributed by atoms with Crippen LogP contribution in [0.3, 0.4) is 0 Å². The number of hydrogen-bond donors (Lipinski definition) is 0. The number of hydrogen-bond acceptors (Lipinski definition) is 2. The lowest BCUT2D eigenvalue weighted by Gasteiger charge is -2.19. The Hall–Kier alpha value is -1.31. The number of carbonyl (C=O) groups is 1. The van der Waals surface area contributed by atoms with Gasteiger partial charge in [0.15, 0.2) is 0 Å². The van der Waals surface area contributed by atoms with Crippen LogP contribution in [0.15, 0.2) is 24.3 Å². The third kappa shape index (κ3) is 2.58. The van der Waals surface area contributed by atoms with Crippen LogP contribution in [0.4, 0.5) is 0 Å². The lowest BCUT2D eigenvalue weighted by atomic mass is 9.86. The number of carbonyl (C=O) groups excluding carboxylic acids is 1. The second-order valence-corrected chi connectivity index (χ2v) is 6.40. The summed E-state index contributed by atoms with van der Waals surface area (Å²) < 4.78 is 4.89. The van der Waals surface area contributed by atoms with Crippen molar-refractivity contribution in [2.45, 2.75) is 45.4 Å². The van der Waals surface area contributed by atoms with Crippen LogP contribution in [-0.4, -0.2) is 13.1 Å². The fourth-order valence-corrected chi connectivity index (χ4v) is 2.33. The van der Waals surface area contributed by atoms with E-state index in [0.29, 0.717) is 0 Å². The summed E-state index contributed by atoms with van der Waals surface area (Å²) in [6, 6.07) is 8.62. The first-order chi connectivity index (χ1) is 8.37. The van der Waals surface area contributed by atoms with Crippen LogP contribution in [0, 0.1) is 5.41 Å². The number of esters is 1. The summed E-state index contributed by atoms with van der Waals surface area (Å²) in [7, 11) is 1.48. The van der Waals surface area contributed by atoms with Crippen LogP contribution < -0.4 is 0 Å². The van der Waals surface area contributed by atoms with Crippen LogP contribution >= 0.6 is 0 Å². The SMILES string of the molecule is COC(=O)C1(Cc2ccc(C(C)(C)C)cc2)CC1. The molecule has 0 radical (unpaired) electrons. The maximum Gasteiger partial charge on any atom is 0.312 e. The van der Waals surface area contributed by atoms with Gasteiger partial charge in [-0.15, -0.1) is 0 Å². The van der Waals surface area contributed by atoms with E-state index in [1.54, 1.807) is 0 Å². The Morgan fingerprint density at radius 2 is 1.78 bits per heavy atom. The summed E-state index contributed by atoms with van der Waals surface area (Å²) in [6.45, 7) is 6.62. The Morgan fingerprint density at radius 3 is 2.17 bits per heavy atom. The van der Waals surface area contributed by atoms with E-state index in [1.165, 1.54) is 18.2 Å². The van der Waals surface area contributed by atoms with Crippen molar-refractivity contribution >= 4 is 5.97 Å². The lowest BCUT2D eigenvalue weighted by Crippen LogP contribution is -2.20. The van der Waals surface area contributed by atoms with Gasteiger partial charge in [-0.1, -0.05) is 45.0 Å². The molecular formula is C16H22O2. The summed E-state index contributed by atoms with van der Waals surface area (Å²) in [6.07, 6.45) is 2.73. The van der Waals surface area contributed by atoms with Gasteiger partial charge < -0.3 is 4.74 Å². The second kappa shape index (κ2) is 4.42. The average Bonchev–Trinajstić information content (AvgIpc) is 3.08. The van der Waals surface area contributed by atoms with E-state index in [1.807, 2.05) is 0 Å². The topological polar surface area (TPSA) is 26.3 Å². The van der Waals surface area contributed by atoms with Crippen LogP contribution in [0.5, 0.6) is 0 Å². The van der Waals surface area contributed by atoms with E-state index in [2.05, 4.69) is 45.0 Å². The maximum atomic E-state index is 11.7. The molecular weight excluding hydrogens is 224 g/mol. The van der Waals surface area contributed by atoms with Crippen molar-refractivity contribution in [1.29, 1.82) is 0 Å². The summed E-state index contributed by atoms with van der Waals surface area (Å²) in [5.41, 5.74) is 2.51. The minimum absolute atomic E-state index is 0.0533. The third-order valence-electron chi connectivity index (χ3n) is 3.83. The summed E-state index contributed by atoms with van der Waals surface area (Å²) in [4.78, 5) is 11.7. The highest BCUT2D eigenvalue weighted by Gasteiger charge is 2.50. The quantitative estimate of drug-likeness (QED) is 0.763. The zero-order valence-electron chi connectivity index (χ0n) is 11.7. The first kappa shape index (κ1) is 13.1. The molecule has 1 aromatic carbocycles. The molecule has 0 unspecified atom stereocenters. The van der Waals surface area contributed by atoms with Crippen molar-refractivity contribution in [2.24, 2.45) is 5.41 Å². The maximum absolute atomic E-state index is 11.7. The zero-order chi connectivity index (χ0) is 13.4. The second-order valence-electron chi connectivity index (χ2n) is 6.40. The Morgan fingerprint density at radius 1 is 1.22 bits per heavy atom. The highest BCUT2D eigenvalue weighted by molar-refractivity contribution is 5.80. The highest BCUT2D eigenvalue weighted by atomic mass is 16.5. The van der Waals surface area contributed by atoms with Crippen LogP contribution in [-0.2, 0) is 21.4 Å². The molecule has 0 N–H and O–H groups in total. The van der Waals surface area contributed by atoms with Gasteiger partial charge in [0.1, 0.15) is 0 Å². The Labute approximate surface area is 109 Å². The van der Waals surface area contributed by atoms with Crippen molar-refractivity contribution in [3.05, 3.63) is 35.4 Å². The molecule has 0 bridgehead atoms. The molecule has 98 valence electrons. The molecule has 0 atom stereocenters. The van der Waals surface area contributed by atoms with Crippen molar-refractivity contribution in [1.82, 2.24) is 0 Å². The molecule has 18 heavy (non-hydrogen) atoms. The zero-order valence-corrected chi connectivity index (χ0v) is 11.7. The van der Waals surface area contributed by atoms with Gasteiger partial charge in [0.05, 0.1) is 12.5 Å². The van der Waals surface area contributed by atoms with E-state index in [-0.39, 0.29) is 16.8 Å². The van der Waals surface area contributed by atoms with Gasteiger partial charge >= 0.3 is 5.97 Å². The molecule has 1 saturated carbocycles. The molecule has 2 nitrogen and oxygen atoms in total. The van der Waals surface area contributed by atoms with Gasteiger partial charge in [-0.25, -0.2) is 0 Å². The van der Waals surface area contributed by atoms with Crippen LogP contribution in [0.25, 0.3) is 0 Å². The molecule has 0 amide bonds. The number of benzene rings is 1. The largest absolute Gasteiger partial charge is 0.469 e. The predicted molar refractivity (Wildman–Crippen MR) is 72.5 cm³/mol. The fraction of sp³-hybridized carbons (Fsp3) is 0.562. The molecule has 1 aromatic rings. The molecule has 0 heterocycles. The number of rotatable bonds is 3. The lowest BCUT2D eigenvalue weighted by molar-refractivity contribution is -0.147. The highest BCUT2D eigenvalue weighted by Crippen LogP contribution is 2.49. The van der Waals surface area contributed by atoms with Gasteiger partial charge in [0.25, 0.3) is 0 Å². The summed E-state index contributed by atoms with van der Waals surface area (Å²) in [5.74, 6) is -0.0533. The molecule has 2 heteroatoms. The summed E-state index contributed by atoms with van der Waals surface area (Å²) in [5, 5.41) is 0. The third-order valence-corrected chi connectivity index (χ3v) is 3.83. The molecule has 1 fully saturated rings. The molecule has 0 aliphatic heterocycles. The first-order valence-corrected chi connectivity index (χ1v) is 6.55. The van der Waals surface area contributed by atoms with E-state index in [9.17, 15) is 4.79 Å². The minimum Gasteiger partial charge on any atom is -0.469 e. The normalized spacial score (nSPS) is 17.3. The molecule has 0 saturated heterocycles. The van der Waals surface area contributed by atoms with Crippen molar-refractivity contribution in [2.75, 3.05) is 7.11 Å². The van der Waals surface area contributed by atoms with E-state index in [0.717, 1.165) is 19.3 Å². The van der Waals surface area contributed by atoms with Crippen LogP contribution in [0.1, 0.15) is 44.7 Å². The monoisotopic (exact) mass is 246 g/mol. The van der Waals surface area contributed by atoms with E-state index < -0.39 is 0 Å². The van der Waals surface area contributed by atoms with E-state index in [4.69, 9.17) is 4.74 Å². The Balaban J connectivity index is 2.10. The van der Waals surface area contributed by atoms with Gasteiger partial charge in [0, 0.05) is 0 Å². The smallest absolute Gasteiger partial charge is 0.312 e. The van der Waals surface area contributed by atoms with Crippen LogP contribution in [0.2, 0.25) is 0 Å². The van der Waals surface area contributed by atoms with Gasteiger partial charge in [-0.3, -0.25) is 4.79 Å². The predicted octanol–water partition coefficient (Wildman–Crippen LogP) is 3.48. The summed E-state index contributed by atoms with van der Waals surface area (Å²) >= 11 is 0. The number of methoxy groups -OCH3 is 1. The Bertz CT molecular complexity index is 433.